The molecular formula is C19H19FN2O5. The Morgan fingerprint density at radius 1 is 1.33 bits per heavy atom. The number of carbonyl (C=O) groups is 1. The van der Waals surface area contributed by atoms with E-state index >= 15 is 0 Å². The molecule has 1 aromatic heterocycles. The van der Waals surface area contributed by atoms with E-state index in [2.05, 4.69) is 10.1 Å². The van der Waals surface area contributed by atoms with Crippen LogP contribution in [0.2, 0.25) is 0 Å². The van der Waals surface area contributed by atoms with Crippen LogP contribution in [0.5, 0.6) is 5.75 Å². The van der Waals surface area contributed by atoms with Crippen LogP contribution in [0.3, 0.4) is 0 Å². The van der Waals surface area contributed by atoms with Crippen molar-refractivity contribution in [3.8, 4) is 5.75 Å². The fourth-order valence-electron chi connectivity index (χ4n) is 2.49. The lowest BCUT2D eigenvalue weighted by Crippen LogP contribution is -2.22. The lowest BCUT2D eigenvalue weighted by molar-refractivity contribution is -0.162. The van der Waals surface area contributed by atoms with Gasteiger partial charge in [-0.15, -0.1) is 0 Å². The largest absolute Gasteiger partial charge is 0.487 e. The zero-order valence-corrected chi connectivity index (χ0v) is 14.5. The number of rotatable bonds is 7. The lowest BCUT2D eigenvalue weighted by atomic mass is 10.2. The van der Waals surface area contributed by atoms with Gasteiger partial charge in [0.05, 0.1) is 17.9 Å². The van der Waals surface area contributed by atoms with Gasteiger partial charge in [-0.1, -0.05) is 11.2 Å². The number of carboxylic acids is 1. The summed E-state index contributed by atoms with van der Waals surface area (Å²) < 4.78 is 24.4. The number of carboxylic acid groups (broad SMARTS) is 1. The summed E-state index contributed by atoms with van der Waals surface area (Å²) in [7, 11) is 0. The van der Waals surface area contributed by atoms with E-state index in [1.54, 1.807) is 6.07 Å². The van der Waals surface area contributed by atoms with Crippen molar-refractivity contribution >= 4 is 11.7 Å². The molecule has 1 saturated heterocycles. The first-order valence-electron chi connectivity index (χ1n) is 8.54. The van der Waals surface area contributed by atoms with Gasteiger partial charge in [0.25, 0.3) is 0 Å². The number of ether oxygens (including phenoxy) is 2. The number of pyridine rings is 1. The van der Waals surface area contributed by atoms with E-state index in [1.807, 2.05) is 0 Å². The smallest absolute Gasteiger partial charge is 0.335 e. The number of nitrogens with zero attached hydrogens (tertiary/aromatic N) is 2. The van der Waals surface area contributed by atoms with Crippen molar-refractivity contribution in [2.45, 2.75) is 25.6 Å². The molecule has 0 spiro atoms. The molecule has 1 unspecified atom stereocenters. The Hall–Kier alpha value is -3.00. The predicted molar refractivity (Wildman–Crippen MR) is 94.3 cm³/mol. The van der Waals surface area contributed by atoms with Gasteiger partial charge in [0.1, 0.15) is 23.9 Å². The maximum absolute atomic E-state index is 13.3. The number of hydrogen-bond acceptors (Lipinski definition) is 6. The third-order valence-corrected chi connectivity index (χ3v) is 3.89. The van der Waals surface area contributed by atoms with Gasteiger partial charge in [-0.25, -0.2) is 9.18 Å². The first-order chi connectivity index (χ1) is 13.1. The molecule has 1 aliphatic rings. The molecule has 0 radical (unpaired) electrons. The molecule has 8 heteroatoms. The van der Waals surface area contributed by atoms with Gasteiger partial charge >= 0.3 is 5.97 Å². The van der Waals surface area contributed by atoms with Crippen LogP contribution in [0, 0.1) is 5.82 Å². The molecule has 0 saturated carbocycles. The van der Waals surface area contributed by atoms with Crippen LogP contribution < -0.4 is 4.74 Å². The zero-order valence-electron chi connectivity index (χ0n) is 14.5. The Labute approximate surface area is 155 Å². The summed E-state index contributed by atoms with van der Waals surface area (Å²) in [5, 5.41) is 13.2. The number of benzene rings is 1. The van der Waals surface area contributed by atoms with Crippen molar-refractivity contribution in [3.63, 3.8) is 0 Å². The molecular weight excluding hydrogens is 355 g/mol. The second-order valence-corrected chi connectivity index (χ2v) is 5.92. The van der Waals surface area contributed by atoms with Gasteiger partial charge in [-0.3, -0.25) is 4.98 Å². The zero-order chi connectivity index (χ0) is 19.1. The first-order valence-corrected chi connectivity index (χ1v) is 8.54. The number of aromatic nitrogens is 1. The molecule has 2 heterocycles. The number of oxime groups is 1. The van der Waals surface area contributed by atoms with Crippen LogP contribution in [-0.2, 0) is 9.57 Å². The molecule has 0 amide bonds. The fraction of sp³-hybridized carbons (Fsp3) is 0.316. The Bertz CT molecular complexity index is 821. The quantitative estimate of drug-likeness (QED) is 0.591. The Morgan fingerprint density at radius 3 is 2.96 bits per heavy atom. The number of aromatic carboxylic acids is 1. The Kier molecular flexibility index (Phi) is 6.32. The molecule has 1 aliphatic heterocycles. The Morgan fingerprint density at radius 2 is 2.22 bits per heavy atom. The summed E-state index contributed by atoms with van der Waals surface area (Å²) in [5.41, 5.74) is 0.631. The molecule has 2 aromatic rings. The topological polar surface area (TPSA) is 90.2 Å². The highest BCUT2D eigenvalue weighted by Gasteiger charge is 2.17. The van der Waals surface area contributed by atoms with Gasteiger partial charge in [-0.05, 0) is 37.1 Å². The highest BCUT2D eigenvalue weighted by atomic mass is 19.1. The molecule has 142 valence electrons. The maximum atomic E-state index is 13.3. The molecule has 7 nitrogen and oxygen atoms in total. The minimum atomic E-state index is -1.08. The Balaban J connectivity index is 1.79. The third kappa shape index (κ3) is 5.49. The fourth-order valence-corrected chi connectivity index (χ4v) is 2.49. The van der Waals surface area contributed by atoms with Crippen LogP contribution in [0.25, 0.3) is 0 Å². The molecule has 1 aromatic carbocycles. The molecule has 0 bridgehead atoms. The summed E-state index contributed by atoms with van der Waals surface area (Å²) in [6.07, 6.45) is 3.56. The SMILES string of the molecule is O=C(O)c1ccnc(/C(COc2cccc(F)c2)=N/OC2CCCCO2)c1. The summed E-state index contributed by atoms with van der Waals surface area (Å²) in [4.78, 5) is 20.8. The second kappa shape index (κ2) is 9.09. The lowest BCUT2D eigenvalue weighted by Gasteiger charge is -2.20. The molecule has 1 fully saturated rings. The van der Waals surface area contributed by atoms with E-state index in [9.17, 15) is 14.3 Å². The van der Waals surface area contributed by atoms with E-state index in [4.69, 9.17) is 14.3 Å². The average molecular weight is 374 g/mol. The summed E-state index contributed by atoms with van der Waals surface area (Å²) in [5.74, 6) is -1.20. The van der Waals surface area contributed by atoms with Crippen molar-refractivity contribution in [2.75, 3.05) is 13.2 Å². The summed E-state index contributed by atoms with van der Waals surface area (Å²) in [6.45, 7) is 0.522. The van der Waals surface area contributed by atoms with Crippen molar-refractivity contribution in [2.24, 2.45) is 5.16 Å². The highest BCUT2D eigenvalue weighted by molar-refractivity contribution is 6.01. The standard InChI is InChI=1S/C19H19FN2O5/c20-14-4-3-5-15(11-14)26-12-17(22-27-18-6-1-2-9-25-18)16-10-13(19(23)24)7-8-21-16/h3-5,7-8,10-11,18H,1-2,6,9,12H2,(H,23,24)/b22-17+. The molecule has 0 aliphatic carbocycles. The first kappa shape index (κ1) is 18.8. The van der Waals surface area contributed by atoms with E-state index in [0.29, 0.717) is 24.5 Å². The number of hydrogen-bond donors (Lipinski definition) is 1. The van der Waals surface area contributed by atoms with Crippen LogP contribution in [0.15, 0.2) is 47.8 Å². The van der Waals surface area contributed by atoms with Crippen molar-refractivity contribution in [1.29, 1.82) is 0 Å². The monoisotopic (exact) mass is 374 g/mol. The minimum absolute atomic E-state index is 0.0624. The second-order valence-electron chi connectivity index (χ2n) is 5.92. The van der Waals surface area contributed by atoms with E-state index in [0.717, 1.165) is 12.8 Å². The van der Waals surface area contributed by atoms with Gasteiger partial charge < -0.3 is 19.4 Å². The van der Waals surface area contributed by atoms with Crippen LogP contribution >= 0.6 is 0 Å². The van der Waals surface area contributed by atoms with Crippen LogP contribution in [-0.4, -0.2) is 41.3 Å². The van der Waals surface area contributed by atoms with Crippen LogP contribution in [0.4, 0.5) is 4.39 Å². The van der Waals surface area contributed by atoms with Crippen LogP contribution in [0.1, 0.15) is 35.3 Å². The van der Waals surface area contributed by atoms with E-state index in [-0.39, 0.29) is 17.9 Å². The van der Waals surface area contributed by atoms with E-state index < -0.39 is 18.1 Å². The molecule has 1 atom stereocenters. The van der Waals surface area contributed by atoms with Gasteiger partial charge in [0.15, 0.2) is 0 Å². The molecule has 3 rings (SSSR count). The average Bonchev–Trinajstić information content (AvgIpc) is 2.69. The van der Waals surface area contributed by atoms with Crippen molar-refractivity contribution in [3.05, 3.63) is 59.7 Å². The van der Waals surface area contributed by atoms with Gasteiger partial charge in [0.2, 0.25) is 6.29 Å². The maximum Gasteiger partial charge on any atom is 0.335 e. The highest BCUT2D eigenvalue weighted by Crippen LogP contribution is 2.16. The molecule has 1 N–H and O–H groups in total. The molecule has 27 heavy (non-hydrogen) atoms. The van der Waals surface area contributed by atoms with Gasteiger partial charge in [-0.2, -0.15) is 0 Å². The third-order valence-electron chi connectivity index (χ3n) is 3.89. The van der Waals surface area contributed by atoms with Gasteiger partial charge in [0, 0.05) is 18.7 Å². The predicted octanol–water partition coefficient (Wildman–Crippen LogP) is 3.25. The summed E-state index contributed by atoms with van der Waals surface area (Å²) >= 11 is 0. The summed E-state index contributed by atoms with van der Waals surface area (Å²) in [6, 6.07) is 8.43. The number of halogens is 1. The van der Waals surface area contributed by atoms with Crippen molar-refractivity contribution < 1.29 is 28.6 Å². The normalized spacial score (nSPS) is 17.4. The van der Waals surface area contributed by atoms with E-state index in [1.165, 1.54) is 36.5 Å². The van der Waals surface area contributed by atoms with Crippen molar-refractivity contribution in [1.82, 2.24) is 4.98 Å². The minimum Gasteiger partial charge on any atom is -0.487 e.